The number of benzene rings is 1. The number of carbonyl (C=O) groups is 2. The summed E-state index contributed by atoms with van der Waals surface area (Å²) in [5.41, 5.74) is 1.83. The summed E-state index contributed by atoms with van der Waals surface area (Å²) in [6, 6.07) is 7.68. The van der Waals surface area contributed by atoms with Crippen molar-refractivity contribution in [3.05, 3.63) is 42.5 Å². The van der Waals surface area contributed by atoms with Crippen LogP contribution in [0, 0.1) is 0 Å². The summed E-state index contributed by atoms with van der Waals surface area (Å²) in [7, 11) is 0. The summed E-state index contributed by atoms with van der Waals surface area (Å²) in [5.74, 6) is 0.277. The van der Waals surface area contributed by atoms with Crippen LogP contribution in [0.15, 0.2) is 36.9 Å². The van der Waals surface area contributed by atoms with Crippen LogP contribution in [0.5, 0.6) is 0 Å². The van der Waals surface area contributed by atoms with E-state index < -0.39 is 0 Å². The number of amides is 1. The molecule has 0 bridgehead atoms. The summed E-state index contributed by atoms with van der Waals surface area (Å²) in [6.07, 6.45) is 4.48. The summed E-state index contributed by atoms with van der Waals surface area (Å²) >= 11 is 0. The SMILES string of the molecule is CC(=O)c1ccc(N2CCN(C(=O)CCCn3cncn3)CC2)cc1. The third-order valence-electron chi connectivity index (χ3n) is 4.52. The molecule has 2 aromatic rings. The van der Waals surface area contributed by atoms with Crippen molar-refractivity contribution < 1.29 is 9.59 Å². The molecule has 0 saturated carbocycles. The van der Waals surface area contributed by atoms with Crippen molar-refractivity contribution in [1.82, 2.24) is 19.7 Å². The van der Waals surface area contributed by atoms with Gasteiger partial charge in [0, 0.05) is 50.4 Å². The molecule has 2 heterocycles. The van der Waals surface area contributed by atoms with Crippen LogP contribution in [0.3, 0.4) is 0 Å². The van der Waals surface area contributed by atoms with Gasteiger partial charge in [0.2, 0.25) is 5.91 Å². The maximum atomic E-state index is 12.3. The Labute approximate surface area is 147 Å². The van der Waals surface area contributed by atoms with Crippen LogP contribution < -0.4 is 4.90 Å². The van der Waals surface area contributed by atoms with Crippen molar-refractivity contribution in [3.63, 3.8) is 0 Å². The third-order valence-corrected chi connectivity index (χ3v) is 4.52. The Morgan fingerprint density at radius 2 is 1.80 bits per heavy atom. The number of piperazine rings is 1. The van der Waals surface area contributed by atoms with Crippen LogP contribution in [-0.2, 0) is 11.3 Å². The van der Waals surface area contributed by atoms with Crippen LogP contribution in [0.4, 0.5) is 5.69 Å². The third kappa shape index (κ3) is 4.43. The van der Waals surface area contributed by atoms with Crippen LogP contribution in [0.2, 0.25) is 0 Å². The molecular formula is C18H23N5O2. The lowest BCUT2D eigenvalue weighted by Crippen LogP contribution is -2.48. The van der Waals surface area contributed by atoms with Gasteiger partial charge in [-0.1, -0.05) is 0 Å². The first-order chi connectivity index (χ1) is 12.1. The van der Waals surface area contributed by atoms with E-state index in [9.17, 15) is 9.59 Å². The van der Waals surface area contributed by atoms with E-state index in [1.54, 1.807) is 17.9 Å². The Balaban J connectivity index is 1.44. The van der Waals surface area contributed by atoms with Crippen LogP contribution >= 0.6 is 0 Å². The van der Waals surface area contributed by atoms with Gasteiger partial charge in [0.1, 0.15) is 12.7 Å². The van der Waals surface area contributed by atoms with Crippen molar-refractivity contribution in [2.45, 2.75) is 26.3 Å². The second kappa shape index (κ2) is 7.92. The van der Waals surface area contributed by atoms with Gasteiger partial charge in [0.25, 0.3) is 0 Å². The molecule has 132 valence electrons. The van der Waals surface area contributed by atoms with Crippen LogP contribution in [-0.4, -0.2) is 57.5 Å². The summed E-state index contributed by atoms with van der Waals surface area (Å²) in [5, 5.41) is 4.04. The number of hydrogen-bond acceptors (Lipinski definition) is 5. The Kier molecular flexibility index (Phi) is 5.42. The van der Waals surface area contributed by atoms with Crippen LogP contribution in [0.1, 0.15) is 30.1 Å². The molecule has 1 saturated heterocycles. The molecule has 25 heavy (non-hydrogen) atoms. The quantitative estimate of drug-likeness (QED) is 0.747. The monoisotopic (exact) mass is 341 g/mol. The molecule has 1 fully saturated rings. The minimum atomic E-state index is 0.0767. The number of Topliss-reactive ketones (excluding diaryl/α,β-unsaturated/α-hetero) is 1. The largest absolute Gasteiger partial charge is 0.368 e. The maximum Gasteiger partial charge on any atom is 0.222 e. The topological polar surface area (TPSA) is 71.3 Å². The molecule has 1 aromatic heterocycles. The van der Waals surface area contributed by atoms with Crippen molar-refractivity contribution in [1.29, 1.82) is 0 Å². The zero-order chi connectivity index (χ0) is 17.6. The molecule has 0 radical (unpaired) electrons. The Morgan fingerprint density at radius 3 is 2.40 bits per heavy atom. The molecule has 0 atom stereocenters. The van der Waals surface area contributed by atoms with Gasteiger partial charge in [-0.15, -0.1) is 0 Å². The zero-order valence-electron chi connectivity index (χ0n) is 14.5. The highest BCUT2D eigenvalue weighted by Gasteiger charge is 2.21. The number of aryl methyl sites for hydroxylation is 1. The van der Waals surface area contributed by atoms with Gasteiger partial charge in [-0.3, -0.25) is 14.3 Å². The highest BCUT2D eigenvalue weighted by atomic mass is 16.2. The lowest BCUT2D eigenvalue weighted by Gasteiger charge is -2.36. The van der Waals surface area contributed by atoms with Crippen molar-refractivity contribution in [2.75, 3.05) is 31.1 Å². The number of hydrogen-bond donors (Lipinski definition) is 0. The minimum Gasteiger partial charge on any atom is -0.368 e. The maximum absolute atomic E-state index is 12.3. The van der Waals surface area contributed by atoms with Gasteiger partial charge < -0.3 is 9.80 Å². The lowest BCUT2D eigenvalue weighted by atomic mass is 10.1. The van der Waals surface area contributed by atoms with E-state index in [4.69, 9.17) is 0 Å². The normalized spacial score (nSPS) is 14.6. The van der Waals surface area contributed by atoms with E-state index in [1.165, 1.54) is 6.33 Å². The fourth-order valence-electron chi connectivity index (χ4n) is 3.02. The molecular weight excluding hydrogens is 318 g/mol. The molecule has 0 N–H and O–H groups in total. The molecule has 1 aliphatic rings. The predicted molar refractivity (Wildman–Crippen MR) is 94.5 cm³/mol. The number of nitrogens with zero attached hydrogens (tertiary/aromatic N) is 5. The number of anilines is 1. The lowest BCUT2D eigenvalue weighted by molar-refractivity contribution is -0.131. The molecule has 7 nitrogen and oxygen atoms in total. The molecule has 7 heteroatoms. The average Bonchev–Trinajstić information content (AvgIpc) is 3.15. The summed E-state index contributed by atoms with van der Waals surface area (Å²) < 4.78 is 1.75. The van der Waals surface area contributed by atoms with Crippen LogP contribution in [0.25, 0.3) is 0 Å². The molecule has 1 amide bonds. The Bertz CT molecular complexity index is 704. The highest BCUT2D eigenvalue weighted by molar-refractivity contribution is 5.94. The van der Waals surface area contributed by atoms with E-state index in [1.807, 2.05) is 29.2 Å². The molecule has 1 aromatic carbocycles. The molecule has 1 aliphatic heterocycles. The van der Waals surface area contributed by atoms with Crippen molar-refractivity contribution in [3.8, 4) is 0 Å². The first kappa shape index (κ1) is 17.1. The summed E-state index contributed by atoms with van der Waals surface area (Å²) in [4.78, 5) is 31.7. The smallest absolute Gasteiger partial charge is 0.222 e. The first-order valence-electron chi connectivity index (χ1n) is 8.59. The van der Waals surface area contributed by atoms with Crippen molar-refractivity contribution in [2.24, 2.45) is 0 Å². The fraction of sp³-hybridized carbons (Fsp3) is 0.444. The van der Waals surface area contributed by atoms with Gasteiger partial charge in [0.05, 0.1) is 0 Å². The number of ketones is 1. The summed E-state index contributed by atoms with van der Waals surface area (Å²) in [6.45, 7) is 5.38. The van der Waals surface area contributed by atoms with E-state index in [-0.39, 0.29) is 11.7 Å². The standard InChI is InChI=1S/C18H23N5O2/c1-15(24)16-4-6-17(7-5-16)21-9-11-22(12-10-21)18(25)3-2-8-23-14-19-13-20-23/h4-7,13-14H,2-3,8-12H2,1H3. The zero-order valence-corrected chi connectivity index (χ0v) is 14.5. The second-order valence-electron chi connectivity index (χ2n) is 6.23. The Morgan fingerprint density at radius 1 is 1.08 bits per heavy atom. The first-order valence-corrected chi connectivity index (χ1v) is 8.59. The number of carbonyl (C=O) groups excluding carboxylic acids is 2. The van der Waals surface area contributed by atoms with E-state index in [0.29, 0.717) is 13.0 Å². The Hall–Kier alpha value is -2.70. The van der Waals surface area contributed by atoms with Gasteiger partial charge in [-0.25, -0.2) is 4.98 Å². The number of rotatable bonds is 6. The second-order valence-corrected chi connectivity index (χ2v) is 6.23. The van der Waals surface area contributed by atoms with E-state index in [2.05, 4.69) is 15.0 Å². The molecule has 0 spiro atoms. The van der Waals surface area contributed by atoms with Gasteiger partial charge in [-0.05, 0) is 37.6 Å². The van der Waals surface area contributed by atoms with Gasteiger partial charge in [-0.2, -0.15) is 5.10 Å². The van der Waals surface area contributed by atoms with E-state index >= 15 is 0 Å². The predicted octanol–water partition coefficient (Wildman–Crippen LogP) is 1.61. The number of aromatic nitrogens is 3. The minimum absolute atomic E-state index is 0.0767. The average molecular weight is 341 g/mol. The van der Waals surface area contributed by atoms with E-state index in [0.717, 1.165) is 43.9 Å². The highest BCUT2D eigenvalue weighted by Crippen LogP contribution is 2.18. The van der Waals surface area contributed by atoms with Gasteiger partial charge >= 0.3 is 0 Å². The van der Waals surface area contributed by atoms with Crippen molar-refractivity contribution >= 4 is 17.4 Å². The molecule has 0 unspecified atom stereocenters. The fourth-order valence-corrected chi connectivity index (χ4v) is 3.02. The molecule has 0 aliphatic carbocycles. The van der Waals surface area contributed by atoms with Gasteiger partial charge in [0.15, 0.2) is 5.78 Å². The molecule has 3 rings (SSSR count).